The summed E-state index contributed by atoms with van der Waals surface area (Å²) in [5.41, 5.74) is 0. The van der Waals surface area contributed by atoms with E-state index in [1.807, 2.05) is 11.8 Å². The van der Waals surface area contributed by atoms with Crippen LogP contribution < -0.4 is 10.6 Å². The van der Waals surface area contributed by atoms with Gasteiger partial charge in [-0.2, -0.15) is 11.8 Å². The second kappa shape index (κ2) is 4.62. The molecule has 4 heteroatoms. The maximum absolute atomic E-state index is 10.7. The molecular formula is C7H14N2OS. The minimum atomic E-state index is 0.173. The summed E-state index contributed by atoms with van der Waals surface area (Å²) in [5, 5.41) is 6.10. The molecule has 1 aliphatic rings. The molecule has 0 radical (unpaired) electrons. The van der Waals surface area contributed by atoms with Crippen molar-refractivity contribution in [3.63, 3.8) is 0 Å². The average Bonchev–Trinajstić information content (AvgIpc) is 2.37. The highest BCUT2D eigenvalue weighted by molar-refractivity contribution is 7.98. The zero-order chi connectivity index (χ0) is 8.10. The smallest absolute Gasteiger partial charge is 0.221 e. The van der Waals surface area contributed by atoms with E-state index in [0.29, 0.717) is 12.5 Å². The van der Waals surface area contributed by atoms with Gasteiger partial charge in [0.1, 0.15) is 0 Å². The van der Waals surface area contributed by atoms with E-state index < -0.39 is 0 Å². The highest BCUT2D eigenvalue weighted by atomic mass is 32.2. The summed E-state index contributed by atoms with van der Waals surface area (Å²) in [6, 6.07) is 0.370. The lowest BCUT2D eigenvalue weighted by Crippen LogP contribution is -2.32. The second-order valence-corrected chi connectivity index (χ2v) is 3.64. The fraction of sp³-hybridized carbons (Fsp3) is 0.857. The van der Waals surface area contributed by atoms with Crippen LogP contribution in [0.15, 0.2) is 0 Å². The molecule has 3 nitrogen and oxygen atoms in total. The molecule has 0 saturated carbocycles. The Morgan fingerprint density at radius 1 is 1.82 bits per heavy atom. The van der Waals surface area contributed by atoms with Gasteiger partial charge in [-0.05, 0) is 6.26 Å². The third-order valence-electron chi connectivity index (χ3n) is 1.72. The van der Waals surface area contributed by atoms with E-state index in [1.165, 1.54) is 0 Å². The first-order valence-corrected chi connectivity index (χ1v) is 5.21. The minimum Gasteiger partial charge on any atom is -0.354 e. The Labute approximate surface area is 71.3 Å². The molecule has 1 atom stereocenters. The van der Waals surface area contributed by atoms with E-state index in [9.17, 15) is 4.79 Å². The Morgan fingerprint density at radius 2 is 2.64 bits per heavy atom. The molecule has 1 saturated heterocycles. The van der Waals surface area contributed by atoms with Gasteiger partial charge in [0.05, 0.1) is 0 Å². The normalized spacial score (nSPS) is 23.7. The van der Waals surface area contributed by atoms with Gasteiger partial charge in [-0.1, -0.05) is 0 Å². The molecule has 1 heterocycles. The van der Waals surface area contributed by atoms with Crippen LogP contribution in [0, 0.1) is 0 Å². The van der Waals surface area contributed by atoms with Gasteiger partial charge in [0.2, 0.25) is 5.91 Å². The van der Waals surface area contributed by atoms with Crippen molar-refractivity contribution in [1.82, 2.24) is 10.6 Å². The number of nitrogens with one attached hydrogen (secondary N) is 2. The minimum absolute atomic E-state index is 0.173. The van der Waals surface area contributed by atoms with Crippen molar-refractivity contribution in [2.24, 2.45) is 0 Å². The first-order chi connectivity index (χ1) is 5.33. The van der Waals surface area contributed by atoms with E-state index >= 15 is 0 Å². The fourth-order valence-electron chi connectivity index (χ4n) is 1.11. The Morgan fingerprint density at radius 3 is 3.18 bits per heavy atom. The number of amides is 1. The van der Waals surface area contributed by atoms with Gasteiger partial charge >= 0.3 is 0 Å². The summed E-state index contributed by atoms with van der Waals surface area (Å²) in [6.45, 7) is 1.80. The van der Waals surface area contributed by atoms with E-state index in [0.717, 1.165) is 18.8 Å². The van der Waals surface area contributed by atoms with Gasteiger partial charge in [0.15, 0.2) is 0 Å². The largest absolute Gasteiger partial charge is 0.354 e. The van der Waals surface area contributed by atoms with Gasteiger partial charge in [-0.15, -0.1) is 0 Å². The molecule has 1 amide bonds. The van der Waals surface area contributed by atoms with Crippen LogP contribution >= 0.6 is 11.8 Å². The summed E-state index contributed by atoms with van der Waals surface area (Å²) in [7, 11) is 0. The maximum atomic E-state index is 10.7. The van der Waals surface area contributed by atoms with Crippen LogP contribution in [0.5, 0.6) is 0 Å². The standard InChI is InChI=1S/C7H14N2OS/c1-11-3-2-8-6-4-7(10)9-5-6/h6,8H,2-5H2,1H3,(H,9,10). The molecule has 0 aliphatic carbocycles. The molecule has 11 heavy (non-hydrogen) atoms. The Hall–Kier alpha value is -0.220. The van der Waals surface area contributed by atoms with Crippen molar-refractivity contribution in [3.8, 4) is 0 Å². The molecule has 0 aromatic heterocycles. The van der Waals surface area contributed by atoms with Crippen LogP contribution in [0.2, 0.25) is 0 Å². The molecular weight excluding hydrogens is 160 g/mol. The predicted molar refractivity (Wildman–Crippen MR) is 47.8 cm³/mol. The van der Waals surface area contributed by atoms with Crippen LogP contribution in [0.3, 0.4) is 0 Å². The molecule has 1 aliphatic heterocycles. The van der Waals surface area contributed by atoms with E-state index in [2.05, 4.69) is 16.9 Å². The van der Waals surface area contributed by atoms with Crippen molar-refractivity contribution in [1.29, 1.82) is 0 Å². The van der Waals surface area contributed by atoms with E-state index in [1.54, 1.807) is 0 Å². The van der Waals surface area contributed by atoms with Gasteiger partial charge in [0.25, 0.3) is 0 Å². The first-order valence-electron chi connectivity index (χ1n) is 3.82. The van der Waals surface area contributed by atoms with E-state index in [-0.39, 0.29) is 5.91 Å². The summed E-state index contributed by atoms with van der Waals surface area (Å²) >= 11 is 1.82. The molecule has 64 valence electrons. The number of thioether (sulfide) groups is 1. The highest BCUT2D eigenvalue weighted by Crippen LogP contribution is 1.98. The Balaban J connectivity index is 2.04. The molecule has 0 aromatic rings. The molecule has 1 rings (SSSR count). The van der Waals surface area contributed by atoms with Crippen LogP contribution in [-0.4, -0.2) is 37.0 Å². The zero-order valence-corrected chi connectivity index (χ0v) is 7.54. The lowest BCUT2D eigenvalue weighted by Gasteiger charge is -2.08. The number of rotatable bonds is 4. The second-order valence-electron chi connectivity index (χ2n) is 2.65. The average molecular weight is 174 g/mol. The molecule has 1 fully saturated rings. The number of carbonyl (C=O) groups is 1. The summed E-state index contributed by atoms with van der Waals surface area (Å²) in [6.07, 6.45) is 2.73. The quantitative estimate of drug-likeness (QED) is 0.581. The van der Waals surface area contributed by atoms with Crippen molar-refractivity contribution < 1.29 is 4.79 Å². The van der Waals surface area contributed by atoms with Crippen LogP contribution in [0.25, 0.3) is 0 Å². The molecule has 0 aromatic carbocycles. The summed E-state index contributed by atoms with van der Waals surface area (Å²) < 4.78 is 0. The third-order valence-corrected chi connectivity index (χ3v) is 2.33. The van der Waals surface area contributed by atoms with Crippen LogP contribution in [0.4, 0.5) is 0 Å². The maximum Gasteiger partial charge on any atom is 0.221 e. The molecule has 0 spiro atoms. The van der Waals surface area contributed by atoms with Gasteiger partial charge in [-0.3, -0.25) is 4.79 Å². The van der Waals surface area contributed by atoms with Gasteiger partial charge in [0, 0.05) is 31.3 Å². The van der Waals surface area contributed by atoms with Gasteiger partial charge < -0.3 is 10.6 Å². The SMILES string of the molecule is CSCCNC1CNC(=O)C1. The van der Waals surface area contributed by atoms with Crippen molar-refractivity contribution in [2.45, 2.75) is 12.5 Å². The van der Waals surface area contributed by atoms with Crippen molar-refractivity contribution in [2.75, 3.05) is 25.1 Å². The van der Waals surface area contributed by atoms with Crippen LogP contribution in [0.1, 0.15) is 6.42 Å². The highest BCUT2D eigenvalue weighted by Gasteiger charge is 2.19. The van der Waals surface area contributed by atoms with Crippen LogP contribution in [-0.2, 0) is 4.79 Å². The number of hydrogen-bond acceptors (Lipinski definition) is 3. The van der Waals surface area contributed by atoms with E-state index in [4.69, 9.17) is 0 Å². The van der Waals surface area contributed by atoms with Crippen molar-refractivity contribution in [3.05, 3.63) is 0 Å². The zero-order valence-electron chi connectivity index (χ0n) is 6.72. The Bertz CT molecular complexity index is 140. The third kappa shape index (κ3) is 3.12. The molecule has 1 unspecified atom stereocenters. The van der Waals surface area contributed by atoms with Gasteiger partial charge in [-0.25, -0.2) is 0 Å². The number of carbonyl (C=O) groups excluding carboxylic acids is 1. The molecule has 0 bridgehead atoms. The molecule has 2 N–H and O–H groups in total. The lowest BCUT2D eigenvalue weighted by atomic mass is 10.2. The first kappa shape index (κ1) is 8.87. The fourth-order valence-corrected chi connectivity index (χ4v) is 1.44. The Kier molecular flexibility index (Phi) is 3.72. The van der Waals surface area contributed by atoms with Crippen molar-refractivity contribution >= 4 is 17.7 Å². The summed E-state index contributed by atoms with van der Waals surface area (Å²) in [4.78, 5) is 10.7. The monoisotopic (exact) mass is 174 g/mol. The number of hydrogen-bond donors (Lipinski definition) is 2. The summed E-state index contributed by atoms with van der Waals surface area (Å²) in [5.74, 6) is 1.29. The topological polar surface area (TPSA) is 41.1 Å². The predicted octanol–water partition coefficient (Wildman–Crippen LogP) is -0.173. The lowest BCUT2D eigenvalue weighted by molar-refractivity contribution is -0.119.